The Bertz CT molecular complexity index is 295. The molecule has 3 unspecified atom stereocenters. The van der Waals surface area contributed by atoms with Crippen LogP contribution in [-0.4, -0.2) is 23.5 Å². The smallest absolute Gasteiger partial charge is 0.122 e. The summed E-state index contributed by atoms with van der Waals surface area (Å²) in [7, 11) is 0. The molecular weight excluding hydrogens is 188 g/mol. The van der Waals surface area contributed by atoms with Crippen LogP contribution in [0.4, 0.5) is 0 Å². The maximum Gasteiger partial charge on any atom is 0.122 e. The van der Waals surface area contributed by atoms with E-state index < -0.39 is 0 Å². The first-order chi connectivity index (χ1) is 7.20. The Morgan fingerprint density at radius 2 is 2.40 bits per heavy atom. The highest BCUT2D eigenvalue weighted by Gasteiger charge is 2.32. The Hall–Kier alpha value is -0.800. The second kappa shape index (κ2) is 4.37. The number of nitrogens with zero attached hydrogens (tertiary/aromatic N) is 1. The van der Waals surface area contributed by atoms with Gasteiger partial charge in [-0.3, -0.25) is 4.90 Å². The van der Waals surface area contributed by atoms with Gasteiger partial charge >= 0.3 is 0 Å². The van der Waals surface area contributed by atoms with Gasteiger partial charge in [-0.1, -0.05) is 0 Å². The van der Waals surface area contributed by atoms with Gasteiger partial charge in [0.2, 0.25) is 0 Å². The lowest BCUT2D eigenvalue weighted by Crippen LogP contribution is -2.40. The summed E-state index contributed by atoms with van der Waals surface area (Å²) in [6.07, 6.45) is 4.26. The Balaban J connectivity index is 2.20. The molecule has 3 nitrogen and oxygen atoms in total. The lowest BCUT2D eigenvalue weighted by molar-refractivity contribution is 0.149. The van der Waals surface area contributed by atoms with Crippen LogP contribution in [-0.2, 0) is 0 Å². The highest BCUT2D eigenvalue weighted by molar-refractivity contribution is 5.08. The minimum absolute atomic E-state index is 0.108. The van der Waals surface area contributed by atoms with Crippen LogP contribution in [0.2, 0.25) is 0 Å². The van der Waals surface area contributed by atoms with Crippen molar-refractivity contribution in [1.82, 2.24) is 4.90 Å². The minimum Gasteiger partial charge on any atom is -0.468 e. The number of hydrogen-bond donors (Lipinski definition) is 1. The van der Waals surface area contributed by atoms with Crippen molar-refractivity contribution in [1.29, 1.82) is 0 Å². The summed E-state index contributed by atoms with van der Waals surface area (Å²) >= 11 is 0. The monoisotopic (exact) mass is 208 g/mol. The van der Waals surface area contributed by atoms with E-state index in [0.717, 1.165) is 12.3 Å². The van der Waals surface area contributed by atoms with Crippen molar-refractivity contribution >= 4 is 0 Å². The van der Waals surface area contributed by atoms with Gasteiger partial charge in [0.25, 0.3) is 0 Å². The molecule has 2 heterocycles. The van der Waals surface area contributed by atoms with Crippen molar-refractivity contribution in [2.24, 2.45) is 5.73 Å². The van der Waals surface area contributed by atoms with Gasteiger partial charge in [-0.25, -0.2) is 0 Å². The molecule has 2 rings (SSSR count). The third-order valence-electron chi connectivity index (χ3n) is 3.29. The van der Waals surface area contributed by atoms with Crippen LogP contribution < -0.4 is 5.73 Å². The van der Waals surface area contributed by atoms with Crippen molar-refractivity contribution in [2.75, 3.05) is 6.54 Å². The lowest BCUT2D eigenvalue weighted by Gasteiger charge is -2.32. The van der Waals surface area contributed by atoms with Crippen molar-refractivity contribution in [3.8, 4) is 0 Å². The van der Waals surface area contributed by atoms with Crippen LogP contribution in [0.1, 0.15) is 38.5 Å². The molecule has 3 atom stereocenters. The number of rotatable bonds is 3. The first-order valence-electron chi connectivity index (χ1n) is 5.75. The highest BCUT2D eigenvalue weighted by atomic mass is 16.3. The summed E-state index contributed by atoms with van der Waals surface area (Å²) in [5, 5.41) is 0. The Morgan fingerprint density at radius 1 is 1.60 bits per heavy atom. The third kappa shape index (κ3) is 2.08. The molecule has 0 radical (unpaired) electrons. The van der Waals surface area contributed by atoms with E-state index in [1.54, 1.807) is 6.26 Å². The second-order valence-corrected chi connectivity index (χ2v) is 4.55. The molecule has 1 aromatic heterocycles. The maximum atomic E-state index is 6.07. The van der Waals surface area contributed by atoms with E-state index in [1.165, 1.54) is 12.8 Å². The van der Waals surface area contributed by atoms with Gasteiger partial charge in [0.05, 0.1) is 12.3 Å². The molecule has 1 aliphatic rings. The molecule has 0 saturated carbocycles. The number of nitrogens with two attached hydrogens (primary N) is 1. The summed E-state index contributed by atoms with van der Waals surface area (Å²) in [5.74, 6) is 0.999. The quantitative estimate of drug-likeness (QED) is 0.827. The normalized spacial score (nSPS) is 26.7. The molecule has 0 aliphatic carbocycles. The molecule has 0 aromatic carbocycles. The minimum atomic E-state index is 0.108. The van der Waals surface area contributed by atoms with Crippen LogP contribution in [0.15, 0.2) is 22.8 Å². The molecule has 1 fully saturated rings. The van der Waals surface area contributed by atoms with Crippen LogP contribution in [0, 0.1) is 0 Å². The zero-order valence-corrected chi connectivity index (χ0v) is 9.52. The van der Waals surface area contributed by atoms with Crippen molar-refractivity contribution < 1.29 is 4.42 Å². The zero-order valence-electron chi connectivity index (χ0n) is 9.52. The molecule has 0 spiro atoms. The van der Waals surface area contributed by atoms with Gasteiger partial charge in [0, 0.05) is 12.1 Å². The molecular formula is C12H20N2O. The molecule has 0 bridgehead atoms. The number of furan rings is 1. The van der Waals surface area contributed by atoms with E-state index in [2.05, 4.69) is 18.7 Å². The molecule has 3 heteroatoms. The topological polar surface area (TPSA) is 42.4 Å². The number of hydrogen-bond acceptors (Lipinski definition) is 3. The first kappa shape index (κ1) is 10.7. The standard InChI is InChI=1S/C12H20N2O/c1-9-5-3-7-14(9)12(10(2)13)11-6-4-8-15-11/h4,6,8-10,12H,3,5,7,13H2,1-2H3. The van der Waals surface area contributed by atoms with E-state index in [9.17, 15) is 0 Å². The van der Waals surface area contributed by atoms with E-state index >= 15 is 0 Å². The van der Waals surface area contributed by atoms with Crippen LogP contribution in [0.5, 0.6) is 0 Å². The highest BCUT2D eigenvalue weighted by Crippen LogP contribution is 2.31. The molecule has 1 saturated heterocycles. The Kier molecular flexibility index (Phi) is 3.12. The fourth-order valence-electron chi connectivity index (χ4n) is 2.55. The third-order valence-corrected chi connectivity index (χ3v) is 3.29. The molecule has 1 aliphatic heterocycles. The van der Waals surface area contributed by atoms with Gasteiger partial charge in [0.1, 0.15) is 5.76 Å². The van der Waals surface area contributed by atoms with Gasteiger partial charge in [-0.05, 0) is 45.4 Å². The molecule has 84 valence electrons. The average Bonchev–Trinajstić information content (AvgIpc) is 2.79. The van der Waals surface area contributed by atoms with Crippen LogP contribution >= 0.6 is 0 Å². The van der Waals surface area contributed by atoms with E-state index in [0.29, 0.717) is 6.04 Å². The number of likely N-dealkylation sites (tertiary alicyclic amines) is 1. The van der Waals surface area contributed by atoms with Gasteiger partial charge < -0.3 is 10.2 Å². The summed E-state index contributed by atoms with van der Waals surface area (Å²) in [6, 6.07) is 4.92. The zero-order chi connectivity index (χ0) is 10.8. The summed E-state index contributed by atoms with van der Waals surface area (Å²) in [4.78, 5) is 2.46. The van der Waals surface area contributed by atoms with Crippen LogP contribution in [0.3, 0.4) is 0 Å². The fraction of sp³-hybridized carbons (Fsp3) is 0.667. The largest absolute Gasteiger partial charge is 0.468 e. The average molecular weight is 208 g/mol. The van der Waals surface area contributed by atoms with E-state index in [4.69, 9.17) is 10.2 Å². The maximum absolute atomic E-state index is 6.07. The molecule has 1 aromatic rings. The van der Waals surface area contributed by atoms with E-state index in [1.807, 2.05) is 12.1 Å². The van der Waals surface area contributed by atoms with Crippen molar-refractivity contribution in [3.05, 3.63) is 24.2 Å². The van der Waals surface area contributed by atoms with Crippen molar-refractivity contribution in [2.45, 2.75) is 44.8 Å². The predicted octanol–water partition coefficient (Wildman–Crippen LogP) is 2.15. The fourth-order valence-corrected chi connectivity index (χ4v) is 2.55. The molecule has 0 amide bonds. The van der Waals surface area contributed by atoms with Gasteiger partial charge in [-0.15, -0.1) is 0 Å². The predicted molar refractivity (Wildman–Crippen MR) is 60.5 cm³/mol. The summed E-state index contributed by atoms with van der Waals surface area (Å²) in [6.45, 7) is 5.46. The lowest BCUT2D eigenvalue weighted by atomic mass is 10.1. The van der Waals surface area contributed by atoms with Crippen molar-refractivity contribution in [3.63, 3.8) is 0 Å². The van der Waals surface area contributed by atoms with Gasteiger partial charge in [-0.2, -0.15) is 0 Å². The Morgan fingerprint density at radius 3 is 2.87 bits per heavy atom. The molecule has 15 heavy (non-hydrogen) atoms. The Labute approximate surface area is 91.2 Å². The first-order valence-corrected chi connectivity index (χ1v) is 5.75. The summed E-state index contributed by atoms with van der Waals surface area (Å²) in [5.41, 5.74) is 6.07. The molecule has 2 N–H and O–H groups in total. The van der Waals surface area contributed by atoms with Crippen LogP contribution in [0.25, 0.3) is 0 Å². The SMILES string of the molecule is CC(N)C(c1ccco1)N1CCCC1C. The van der Waals surface area contributed by atoms with Gasteiger partial charge in [0.15, 0.2) is 0 Å². The second-order valence-electron chi connectivity index (χ2n) is 4.55. The van der Waals surface area contributed by atoms with E-state index in [-0.39, 0.29) is 12.1 Å². The summed E-state index contributed by atoms with van der Waals surface area (Å²) < 4.78 is 5.50.